The molecule has 0 unspecified atom stereocenters. The number of nitrogens with two attached hydrogens (primary N) is 2. The van der Waals surface area contributed by atoms with Crippen molar-refractivity contribution in [1.82, 2.24) is 15.6 Å². The molecule has 0 aliphatic heterocycles. The van der Waals surface area contributed by atoms with Gasteiger partial charge in [0.15, 0.2) is 0 Å². The Morgan fingerprint density at radius 2 is 1.88 bits per heavy atom. The average Bonchev–Trinajstić information content (AvgIpc) is 2.59. The molecule has 1 aromatic carbocycles. The van der Waals surface area contributed by atoms with Gasteiger partial charge in [-0.15, -0.1) is 5.10 Å². The zero-order valence-electron chi connectivity index (χ0n) is 13.4. The molecule has 25 heavy (non-hydrogen) atoms. The van der Waals surface area contributed by atoms with Crippen molar-refractivity contribution in [3.63, 3.8) is 0 Å². The Morgan fingerprint density at radius 3 is 2.36 bits per heavy atom. The van der Waals surface area contributed by atoms with E-state index in [-0.39, 0.29) is 22.1 Å². The van der Waals surface area contributed by atoms with Gasteiger partial charge < -0.3 is 11.2 Å². The van der Waals surface area contributed by atoms with Gasteiger partial charge >= 0.3 is 0 Å². The van der Waals surface area contributed by atoms with E-state index >= 15 is 0 Å². The van der Waals surface area contributed by atoms with E-state index in [1.807, 2.05) is 0 Å². The van der Waals surface area contributed by atoms with Crippen LogP contribution in [0.3, 0.4) is 0 Å². The summed E-state index contributed by atoms with van der Waals surface area (Å²) >= 11 is 12.2. The molecule has 134 valence electrons. The monoisotopic (exact) mass is 385 g/mol. The first kappa shape index (κ1) is 20.4. The average molecular weight is 386 g/mol. The number of guanidine groups is 1. The molecule has 0 atom stereocenters. The molecule has 2 amide bonds. The largest absolute Gasteiger partial charge is 0.355 e. The normalized spacial score (nSPS) is 12.1. The SMILES string of the molecule is CNC(=O)/C(=C(/Cl)C(=N)C(=O)N/C(=N/N)N(C)N)c1ccccc1Cl. The van der Waals surface area contributed by atoms with Gasteiger partial charge in [0.1, 0.15) is 5.71 Å². The summed E-state index contributed by atoms with van der Waals surface area (Å²) in [6, 6.07) is 6.40. The highest BCUT2D eigenvalue weighted by molar-refractivity contribution is 6.63. The van der Waals surface area contributed by atoms with Gasteiger partial charge in [0.2, 0.25) is 5.96 Å². The first-order valence-corrected chi connectivity index (χ1v) is 7.53. The summed E-state index contributed by atoms with van der Waals surface area (Å²) in [6.07, 6.45) is 0. The number of hydrazine groups is 1. The third-order valence-corrected chi connectivity index (χ3v) is 3.65. The van der Waals surface area contributed by atoms with Crippen molar-refractivity contribution in [2.75, 3.05) is 14.1 Å². The number of rotatable bonds is 4. The van der Waals surface area contributed by atoms with Crippen molar-refractivity contribution in [3.05, 3.63) is 39.9 Å². The first-order valence-electron chi connectivity index (χ1n) is 6.77. The molecule has 0 saturated carbocycles. The van der Waals surface area contributed by atoms with Crippen LogP contribution in [0.1, 0.15) is 5.56 Å². The molecule has 0 aromatic heterocycles. The minimum atomic E-state index is -0.958. The van der Waals surface area contributed by atoms with Gasteiger partial charge in [0.05, 0.1) is 10.6 Å². The van der Waals surface area contributed by atoms with Crippen molar-refractivity contribution >= 4 is 52.3 Å². The summed E-state index contributed by atoms with van der Waals surface area (Å²) in [7, 11) is 2.77. The van der Waals surface area contributed by atoms with E-state index in [1.165, 1.54) is 14.1 Å². The molecule has 0 fully saturated rings. The van der Waals surface area contributed by atoms with Crippen LogP contribution in [0.15, 0.2) is 34.4 Å². The van der Waals surface area contributed by atoms with Crippen LogP contribution < -0.4 is 22.3 Å². The molecule has 0 saturated heterocycles. The summed E-state index contributed by atoms with van der Waals surface area (Å²) in [6.45, 7) is 0. The number of nitrogens with one attached hydrogen (secondary N) is 3. The van der Waals surface area contributed by atoms with Crippen LogP contribution in [0.25, 0.3) is 5.57 Å². The van der Waals surface area contributed by atoms with Crippen LogP contribution in [0.5, 0.6) is 0 Å². The third kappa shape index (κ3) is 4.92. The van der Waals surface area contributed by atoms with Crippen molar-refractivity contribution in [1.29, 1.82) is 5.41 Å². The molecule has 0 spiro atoms. The first-order chi connectivity index (χ1) is 11.7. The number of halogens is 2. The van der Waals surface area contributed by atoms with Gasteiger partial charge in [-0.2, -0.15) is 0 Å². The van der Waals surface area contributed by atoms with Gasteiger partial charge in [-0.3, -0.25) is 25.3 Å². The second-order valence-corrected chi connectivity index (χ2v) is 5.43. The molecule has 9 nitrogen and oxygen atoms in total. The second kappa shape index (κ2) is 9.02. The molecule has 1 rings (SSSR count). The molecule has 0 heterocycles. The van der Waals surface area contributed by atoms with E-state index in [9.17, 15) is 9.59 Å². The minimum Gasteiger partial charge on any atom is -0.355 e. The standard InChI is InChI=1S/C14H17Cl2N7O2/c1-20-12(24)9(7-5-3-4-6-8(7)15)10(16)11(17)13(25)21-14(22-18)23(2)19/h3-6,17H,18-19H2,1-2H3,(H,20,24)(H,21,22,25)/b10-9+,17-11?. The number of carbonyl (C=O) groups excluding carboxylic acids is 2. The number of hydrogen-bond acceptors (Lipinski definition) is 6. The van der Waals surface area contributed by atoms with Gasteiger partial charge in [-0.05, 0) is 6.07 Å². The number of nitrogens with zero attached hydrogens (tertiary/aromatic N) is 2. The van der Waals surface area contributed by atoms with E-state index in [1.54, 1.807) is 24.3 Å². The van der Waals surface area contributed by atoms with Crippen LogP contribution in [0, 0.1) is 5.41 Å². The van der Waals surface area contributed by atoms with Crippen molar-refractivity contribution in [2.45, 2.75) is 0 Å². The molecule has 7 N–H and O–H groups in total. The summed E-state index contributed by atoms with van der Waals surface area (Å²) in [4.78, 5) is 24.4. The quantitative estimate of drug-likeness (QED) is 0.165. The van der Waals surface area contributed by atoms with Gasteiger partial charge in [0, 0.05) is 24.7 Å². The fourth-order valence-electron chi connectivity index (χ4n) is 1.73. The second-order valence-electron chi connectivity index (χ2n) is 4.64. The number of benzene rings is 1. The van der Waals surface area contributed by atoms with E-state index in [4.69, 9.17) is 40.3 Å². The third-order valence-electron chi connectivity index (χ3n) is 2.95. The molecule has 1 aromatic rings. The number of hydrogen-bond donors (Lipinski definition) is 5. The Labute approximate surface area is 154 Å². The van der Waals surface area contributed by atoms with Crippen LogP contribution in [-0.2, 0) is 9.59 Å². The zero-order valence-corrected chi connectivity index (χ0v) is 14.9. The maximum Gasteiger partial charge on any atom is 0.277 e. The minimum absolute atomic E-state index is 0.123. The van der Waals surface area contributed by atoms with E-state index in [0.29, 0.717) is 0 Å². The Morgan fingerprint density at radius 1 is 1.28 bits per heavy atom. The highest BCUT2D eigenvalue weighted by Gasteiger charge is 2.25. The maximum atomic E-state index is 12.2. The molecule has 0 radical (unpaired) electrons. The Hall–Kier alpha value is -2.62. The predicted molar refractivity (Wildman–Crippen MR) is 97.7 cm³/mol. The molecular formula is C14H17Cl2N7O2. The Kier molecular flexibility index (Phi) is 7.37. The number of carbonyl (C=O) groups is 2. The summed E-state index contributed by atoms with van der Waals surface area (Å²) in [5.41, 5.74) is -0.542. The lowest BCUT2D eigenvalue weighted by atomic mass is 10.0. The van der Waals surface area contributed by atoms with Crippen molar-refractivity contribution in [2.24, 2.45) is 16.8 Å². The molecule has 0 aliphatic carbocycles. The molecule has 0 aliphatic rings. The van der Waals surface area contributed by atoms with Gasteiger partial charge in [-0.1, -0.05) is 41.4 Å². The Balaban J connectivity index is 3.33. The van der Waals surface area contributed by atoms with E-state index < -0.39 is 22.6 Å². The van der Waals surface area contributed by atoms with E-state index in [2.05, 4.69) is 15.7 Å². The fourth-order valence-corrected chi connectivity index (χ4v) is 2.23. The van der Waals surface area contributed by atoms with E-state index in [0.717, 1.165) is 5.01 Å². The molecule has 11 heteroatoms. The van der Waals surface area contributed by atoms with Gasteiger partial charge in [-0.25, -0.2) is 5.84 Å². The lowest BCUT2D eigenvalue weighted by Crippen LogP contribution is -2.48. The van der Waals surface area contributed by atoms with Crippen LogP contribution in [-0.4, -0.2) is 42.6 Å². The number of likely N-dealkylation sites (N-methyl/N-ethyl adjacent to an activating group) is 1. The highest BCUT2D eigenvalue weighted by atomic mass is 35.5. The van der Waals surface area contributed by atoms with Crippen molar-refractivity contribution in [3.8, 4) is 0 Å². The summed E-state index contributed by atoms with van der Waals surface area (Å²) < 4.78 is 0. The lowest BCUT2D eigenvalue weighted by Gasteiger charge is -2.16. The Bertz CT molecular complexity index is 759. The summed E-state index contributed by atoms with van der Waals surface area (Å²) in [5, 5.41) is 16.6. The lowest BCUT2D eigenvalue weighted by molar-refractivity contribution is -0.115. The number of hydrazone groups is 1. The predicted octanol–water partition coefficient (Wildman–Crippen LogP) is 0.207. The fraction of sp³-hybridized carbons (Fsp3) is 0.143. The molecule has 0 bridgehead atoms. The highest BCUT2D eigenvalue weighted by Crippen LogP contribution is 2.28. The zero-order chi connectivity index (χ0) is 19.1. The van der Waals surface area contributed by atoms with Crippen LogP contribution in [0.2, 0.25) is 5.02 Å². The summed E-state index contributed by atoms with van der Waals surface area (Å²) in [5.74, 6) is 8.75. The van der Waals surface area contributed by atoms with Crippen LogP contribution in [0.4, 0.5) is 0 Å². The topological polar surface area (TPSA) is 150 Å². The van der Waals surface area contributed by atoms with Gasteiger partial charge in [0.25, 0.3) is 11.8 Å². The maximum absolute atomic E-state index is 12.2. The van der Waals surface area contributed by atoms with Crippen LogP contribution >= 0.6 is 23.2 Å². The smallest absolute Gasteiger partial charge is 0.277 e. The van der Waals surface area contributed by atoms with Crippen molar-refractivity contribution < 1.29 is 9.59 Å². The molecular weight excluding hydrogens is 369 g/mol. The number of amides is 2.